The Morgan fingerprint density at radius 2 is 1.86 bits per heavy atom. The van der Waals surface area contributed by atoms with Gasteiger partial charge in [-0.1, -0.05) is 53.8 Å². The van der Waals surface area contributed by atoms with Crippen molar-refractivity contribution in [2.45, 2.75) is 6.42 Å². The van der Waals surface area contributed by atoms with Crippen LogP contribution in [-0.2, 0) is 0 Å². The van der Waals surface area contributed by atoms with E-state index in [1.807, 2.05) is 48.5 Å². The Bertz CT molecular complexity index is 867. The van der Waals surface area contributed by atoms with Gasteiger partial charge in [-0.3, -0.25) is 0 Å². The summed E-state index contributed by atoms with van der Waals surface area (Å²) in [5.74, 6) is 6.48. The molecule has 1 aromatic heterocycles. The smallest absolute Gasteiger partial charge is 0.161 e. The molecule has 1 heterocycles. The molecule has 0 saturated heterocycles. The van der Waals surface area contributed by atoms with Crippen LogP contribution in [0.4, 0.5) is 0 Å². The first-order chi connectivity index (χ1) is 10.8. The highest BCUT2D eigenvalue weighted by atomic mass is 35.5. The second-order valence-corrected chi connectivity index (χ2v) is 5.07. The maximum absolute atomic E-state index is 8.76. The predicted molar refractivity (Wildman–Crippen MR) is 88.6 cm³/mol. The molecule has 0 aliphatic carbocycles. The van der Waals surface area contributed by atoms with Gasteiger partial charge in [-0.15, -0.1) is 0 Å². The van der Waals surface area contributed by atoms with Gasteiger partial charge in [0, 0.05) is 22.9 Å². The van der Waals surface area contributed by atoms with Crippen molar-refractivity contribution in [1.29, 1.82) is 0 Å². The monoisotopic (exact) mass is 308 g/mol. The fraction of sp³-hybridized carbons (Fsp3) is 0.111. The highest BCUT2D eigenvalue weighted by molar-refractivity contribution is 6.34. The van der Waals surface area contributed by atoms with E-state index in [1.54, 1.807) is 0 Å². The van der Waals surface area contributed by atoms with E-state index in [0.29, 0.717) is 17.4 Å². The van der Waals surface area contributed by atoms with Gasteiger partial charge >= 0.3 is 0 Å². The minimum Gasteiger partial charge on any atom is -0.395 e. The van der Waals surface area contributed by atoms with Crippen molar-refractivity contribution in [2.24, 2.45) is 0 Å². The van der Waals surface area contributed by atoms with Gasteiger partial charge in [0.1, 0.15) is 5.15 Å². The molecule has 0 radical (unpaired) electrons. The number of fused-ring (bicyclic) bond motifs is 1. The molecule has 3 nitrogen and oxygen atoms in total. The van der Waals surface area contributed by atoms with Crippen molar-refractivity contribution in [2.75, 3.05) is 6.61 Å². The van der Waals surface area contributed by atoms with Gasteiger partial charge in [0.2, 0.25) is 0 Å². The molecule has 3 rings (SSSR count). The number of hydrogen-bond donors (Lipinski definition) is 1. The first-order valence-corrected chi connectivity index (χ1v) is 7.28. The number of rotatable bonds is 2. The zero-order valence-electron chi connectivity index (χ0n) is 11.8. The van der Waals surface area contributed by atoms with Crippen LogP contribution < -0.4 is 0 Å². The van der Waals surface area contributed by atoms with E-state index in [0.717, 1.165) is 22.0 Å². The molecular formula is C18H13ClN2O. The first kappa shape index (κ1) is 14.5. The Balaban J connectivity index is 2.06. The molecule has 0 aliphatic heterocycles. The molecule has 0 unspecified atom stereocenters. The number of halogens is 1. The number of benzene rings is 2. The van der Waals surface area contributed by atoms with Crippen LogP contribution in [0.5, 0.6) is 0 Å². The summed E-state index contributed by atoms with van der Waals surface area (Å²) in [7, 11) is 0. The van der Waals surface area contributed by atoms with Crippen LogP contribution in [0.3, 0.4) is 0 Å². The summed E-state index contributed by atoms with van der Waals surface area (Å²) in [4.78, 5) is 8.94. The normalized spacial score (nSPS) is 10.3. The molecule has 0 spiro atoms. The van der Waals surface area contributed by atoms with Gasteiger partial charge < -0.3 is 5.11 Å². The highest BCUT2D eigenvalue weighted by Crippen LogP contribution is 2.25. The second kappa shape index (κ2) is 6.57. The minimum absolute atomic E-state index is 0.0604. The zero-order chi connectivity index (χ0) is 15.4. The molecule has 0 aliphatic rings. The summed E-state index contributed by atoms with van der Waals surface area (Å²) in [6.45, 7) is 0.0604. The van der Waals surface area contributed by atoms with Crippen molar-refractivity contribution in [1.82, 2.24) is 9.97 Å². The topological polar surface area (TPSA) is 46.0 Å². The second-order valence-electron chi connectivity index (χ2n) is 4.71. The van der Waals surface area contributed by atoms with Crippen molar-refractivity contribution in [3.8, 4) is 23.2 Å². The molecule has 1 N–H and O–H groups in total. The Labute approximate surface area is 133 Å². The Kier molecular flexibility index (Phi) is 4.34. The lowest BCUT2D eigenvalue weighted by molar-refractivity contribution is 0.305. The molecule has 0 bridgehead atoms. The van der Waals surface area contributed by atoms with Crippen LogP contribution in [0.25, 0.3) is 22.3 Å². The number of aliphatic hydroxyl groups excluding tert-OH is 1. The number of aromatic nitrogens is 2. The summed E-state index contributed by atoms with van der Waals surface area (Å²) in [5.41, 5.74) is 2.54. The van der Waals surface area contributed by atoms with E-state index in [-0.39, 0.29) is 6.61 Å². The Morgan fingerprint density at radius 1 is 1.05 bits per heavy atom. The fourth-order valence-corrected chi connectivity index (χ4v) is 2.34. The van der Waals surface area contributed by atoms with E-state index in [9.17, 15) is 0 Å². The molecule has 22 heavy (non-hydrogen) atoms. The van der Waals surface area contributed by atoms with Crippen molar-refractivity contribution >= 4 is 22.5 Å². The van der Waals surface area contributed by atoms with Gasteiger partial charge in [-0.2, -0.15) is 0 Å². The average molecular weight is 309 g/mol. The molecule has 4 heteroatoms. The maximum atomic E-state index is 8.76. The molecule has 0 amide bonds. The molecular weight excluding hydrogens is 296 g/mol. The van der Waals surface area contributed by atoms with Crippen molar-refractivity contribution < 1.29 is 5.11 Å². The molecule has 3 aromatic rings. The van der Waals surface area contributed by atoms with Gasteiger partial charge in [-0.05, 0) is 18.2 Å². The van der Waals surface area contributed by atoms with Crippen LogP contribution in [0.15, 0.2) is 48.5 Å². The van der Waals surface area contributed by atoms with Crippen LogP contribution in [0, 0.1) is 11.8 Å². The average Bonchev–Trinajstić information content (AvgIpc) is 2.56. The molecule has 0 saturated carbocycles. The van der Waals surface area contributed by atoms with E-state index in [1.165, 1.54) is 0 Å². The van der Waals surface area contributed by atoms with E-state index < -0.39 is 0 Å². The third-order valence-electron chi connectivity index (χ3n) is 3.15. The summed E-state index contributed by atoms with van der Waals surface area (Å²) < 4.78 is 0. The quantitative estimate of drug-likeness (QED) is 0.580. The Morgan fingerprint density at radius 3 is 2.64 bits per heavy atom. The van der Waals surface area contributed by atoms with Crippen molar-refractivity contribution in [3.63, 3.8) is 0 Å². The zero-order valence-corrected chi connectivity index (χ0v) is 12.5. The first-order valence-electron chi connectivity index (χ1n) is 6.90. The van der Waals surface area contributed by atoms with Crippen LogP contribution in [0.1, 0.15) is 12.0 Å². The number of hydrogen-bond acceptors (Lipinski definition) is 3. The molecule has 0 fully saturated rings. The lowest BCUT2D eigenvalue weighted by Gasteiger charge is -2.05. The third kappa shape index (κ3) is 3.09. The largest absolute Gasteiger partial charge is 0.395 e. The lowest BCUT2D eigenvalue weighted by Crippen LogP contribution is -1.92. The van der Waals surface area contributed by atoms with Crippen LogP contribution in [-0.4, -0.2) is 21.7 Å². The van der Waals surface area contributed by atoms with Crippen LogP contribution in [0.2, 0.25) is 5.15 Å². The van der Waals surface area contributed by atoms with Crippen molar-refractivity contribution in [3.05, 3.63) is 59.2 Å². The molecule has 108 valence electrons. The van der Waals surface area contributed by atoms with E-state index >= 15 is 0 Å². The summed E-state index contributed by atoms with van der Waals surface area (Å²) in [6.07, 6.45) is 0.454. The van der Waals surface area contributed by atoms with E-state index in [2.05, 4.69) is 21.8 Å². The van der Waals surface area contributed by atoms with Gasteiger partial charge in [0.25, 0.3) is 0 Å². The highest BCUT2D eigenvalue weighted by Gasteiger charge is 2.08. The summed E-state index contributed by atoms with van der Waals surface area (Å²) in [5, 5.41) is 9.94. The van der Waals surface area contributed by atoms with Gasteiger partial charge in [0.05, 0.1) is 12.1 Å². The summed E-state index contributed by atoms with van der Waals surface area (Å²) >= 11 is 6.31. The maximum Gasteiger partial charge on any atom is 0.161 e. The molecule has 2 aromatic carbocycles. The predicted octanol–water partition coefficient (Wildman–Crippen LogP) is 3.68. The molecule has 0 atom stereocenters. The van der Waals surface area contributed by atoms with Gasteiger partial charge in [0.15, 0.2) is 5.82 Å². The van der Waals surface area contributed by atoms with Gasteiger partial charge in [-0.25, -0.2) is 9.97 Å². The number of aliphatic hydroxyl groups is 1. The van der Waals surface area contributed by atoms with E-state index in [4.69, 9.17) is 16.7 Å². The Hall–Kier alpha value is -2.41. The number of nitrogens with zero attached hydrogens (tertiary/aromatic N) is 2. The summed E-state index contributed by atoms with van der Waals surface area (Å²) in [6, 6.07) is 15.4. The van der Waals surface area contributed by atoms with Crippen LogP contribution >= 0.6 is 11.6 Å². The lowest BCUT2D eigenvalue weighted by atomic mass is 10.1. The SMILES string of the molecule is OCCC#Cc1ccc2nc(-c3ccccc3)nc(Cl)c2c1. The standard InChI is InChI=1S/C18H13ClN2O/c19-17-15-12-13(6-4-5-11-22)9-10-16(15)20-18(21-17)14-7-2-1-3-8-14/h1-3,7-10,12,22H,5,11H2. The minimum atomic E-state index is 0.0604. The fourth-order valence-electron chi connectivity index (χ4n) is 2.11. The third-order valence-corrected chi connectivity index (χ3v) is 3.44.